The van der Waals surface area contributed by atoms with Crippen molar-refractivity contribution < 1.29 is 9.90 Å². The molecule has 1 aromatic heterocycles. The largest absolute Gasteiger partial charge is 0.481 e. The predicted octanol–water partition coefficient (Wildman–Crippen LogP) is 3.07. The molecule has 0 atom stereocenters. The summed E-state index contributed by atoms with van der Waals surface area (Å²) in [5, 5.41) is 17.8. The first kappa shape index (κ1) is 14.4. The van der Waals surface area contributed by atoms with Gasteiger partial charge >= 0.3 is 5.97 Å². The van der Waals surface area contributed by atoms with Gasteiger partial charge in [-0.3, -0.25) is 4.79 Å². The fourth-order valence-corrected chi connectivity index (χ4v) is 2.69. The molecule has 8 heteroatoms. The Bertz CT molecular complexity index is 632. The van der Waals surface area contributed by atoms with Crippen molar-refractivity contribution in [3.05, 3.63) is 27.7 Å². The summed E-state index contributed by atoms with van der Waals surface area (Å²) in [5.74, 6) is -0.354. The summed E-state index contributed by atoms with van der Waals surface area (Å²) in [4.78, 5) is 10.6. The molecule has 2 rings (SSSR count). The number of aliphatic carboxylic acids is 1. The normalized spacial score (nSPS) is 10.7. The van der Waals surface area contributed by atoms with Gasteiger partial charge in [0, 0.05) is 17.1 Å². The highest BCUT2D eigenvalue weighted by molar-refractivity contribution is 9.10. The van der Waals surface area contributed by atoms with E-state index in [1.807, 2.05) is 18.2 Å². The zero-order valence-electron chi connectivity index (χ0n) is 9.80. The Hall–Kier alpha value is -1.05. The number of carbonyl (C=O) groups is 1. The Balaban J connectivity index is 2.36. The number of hydrogen-bond acceptors (Lipinski definition) is 4. The van der Waals surface area contributed by atoms with Crippen LogP contribution in [0.25, 0.3) is 11.4 Å². The lowest BCUT2D eigenvalue weighted by atomic mass is 10.2. The molecule has 0 radical (unpaired) electrons. The molecule has 19 heavy (non-hydrogen) atoms. The van der Waals surface area contributed by atoms with Crippen LogP contribution in [0, 0.1) is 0 Å². The van der Waals surface area contributed by atoms with E-state index in [1.54, 1.807) is 11.6 Å². The number of thioether (sulfide) groups is 1. The van der Waals surface area contributed by atoms with E-state index in [-0.39, 0.29) is 5.75 Å². The number of nitrogens with zero attached hydrogens (tertiary/aromatic N) is 3. The summed E-state index contributed by atoms with van der Waals surface area (Å²) in [6.45, 7) is 0. The number of carboxylic acids is 1. The van der Waals surface area contributed by atoms with Gasteiger partial charge in [0.25, 0.3) is 0 Å². The van der Waals surface area contributed by atoms with E-state index in [0.29, 0.717) is 16.0 Å². The van der Waals surface area contributed by atoms with Gasteiger partial charge in [-0.25, -0.2) is 0 Å². The molecule has 0 spiro atoms. The van der Waals surface area contributed by atoms with Crippen molar-refractivity contribution in [2.24, 2.45) is 7.05 Å². The van der Waals surface area contributed by atoms with E-state index < -0.39 is 5.97 Å². The molecule has 0 aliphatic heterocycles. The van der Waals surface area contributed by atoms with Crippen LogP contribution < -0.4 is 0 Å². The number of hydrogen-bond donors (Lipinski definition) is 1. The minimum atomic E-state index is -0.893. The van der Waals surface area contributed by atoms with Crippen molar-refractivity contribution in [2.75, 3.05) is 5.75 Å². The highest BCUT2D eigenvalue weighted by atomic mass is 79.9. The highest BCUT2D eigenvalue weighted by Crippen LogP contribution is 2.33. The average molecular weight is 363 g/mol. The molecule has 100 valence electrons. The van der Waals surface area contributed by atoms with Crippen LogP contribution in [0.3, 0.4) is 0 Å². The van der Waals surface area contributed by atoms with Crippen LogP contribution in [0.4, 0.5) is 0 Å². The summed E-state index contributed by atoms with van der Waals surface area (Å²) in [6.07, 6.45) is 0. The van der Waals surface area contributed by atoms with E-state index in [9.17, 15) is 4.79 Å². The third kappa shape index (κ3) is 3.10. The molecular weight excluding hydrogens is 354 g/mol. The maximum atomic E-state index is 10.6. The Morgan fingerprint density at radius 1 is 1.53 bits per heavy atom. The van der Waals surface area contributed by atoms with E-state index in [2.05, 4.69) is 26.1 Å². The van der Waals surface area contributed by atoms with Crippen LogP contribution in [0.15, 0.2) is 27.8 Å². The van der Waals surface area contributed by atoms with Crippen LogP contribution in [-0.4, -0.2) is 31.6 Å². The topological polar surface area (TPSA) is 68.0 Å². The number of benzene rings is 1. The summed E-state index contributed by atoms with van der Waals surface area (Å²) in [6, 6.07) is 5.52. The smallest absolute Gasteiger partial charge is 0.313 e. The van der Waals surface area contributed by atoms with Crippen LogP contribution in [0.2, 0.25) is 5.02 Å². The minimum Gasteiger partial charge on any atom is -0.481 e. The van der Waals surface area contributed by atoms with Crippen molar-refractivity contribution >= 4 is 45.3 Å². The molecule has 1 heterocycles. The molecule has 1 N–H and O–H groups in total. The van der Waals surface area contributed by atoms with E-state index in [1.165, 1.54) is 0 Å². The van der Waals surface area contributed by atoms with Gasteiger partial charge < -0.3 is 9.67 Å². The first-order chi connectivity index (χ1) is 9.00. The van der Waals surface area contributed by atoms with E-state index >= 15 is 0 Å². The fourth-order valence-electron chi connectivity index (χ4n) is 1.48. The highest BCUT2D eigenvalue weighted by Gasteiger charge is 2.15. The zero-order valence-corrected chi connectivity index (χ0v) is 13.0. The standard InChI is InChI=1S/C11H9BrClN3O2S/c1-16-10(6-3-2-4-7(12)9(6)13)14-15-11(16)19-5-8(17)18/h2-4H,5H2,1H3,(H,17,18). The number of rotatable bonds is 4. The minimum absolute atomic E-state index is 0.0574. The second kappa shape index (κ2) is 5.94. The van der Waals surface area contributed by atoms with E-state index in [0.717, 1.165) is 21.8 Å². The summed E-state index contributed by atoms with van der Waals surface area (Å²) in [5.41, 5.74) is 0.744. The summed E-state index contributed by atoms with van der Waals surface area (Å²) >= 11 is 10.7. The van der Waals surface area contributed by atoms with Gasteiger partial charge in [-0.2, -0.15) is 0 Å². The molecular formula is C11H9BrClN3O2S. The average Bonchev–Trinajstić information content (AvgIpc) is 2.72. The third-order valence-corrected chi connectivity index (χ3v) is 4.65. The Kier molecular flexibility index (Phi) is 4.49. The van der Waals surface area contributed by atoms with Gasteiger partial charge in [0.15, 0.2) is 11.0 Å². The summed E-state index contributed by atoms with van der Waals surface area (Å²) < 4.78 is 2.50. The van der Waals surface area contributed by atoms with Crippen LogP contribution in [0.5, 0.6) is 0 Å². The second-order valence-corrected chi connectivity index (χ2v) is 5.82. The van der Waals surface area contributed by atoms with Crippen molar-refractivity contribution in [1.82, 2.24) is 14.8 Å². The lowest BCUT2D eigenvalue weighted by molar-refractivity contribution is -0.133. The van der Waals surface area contributed by atoms with Gasteiger partial charge in [-0.1, -0.05) is 29.4 Å². The molecule has 0 fully saturated rings. The van der Waals surface area contributed by atoms with E-state index in [4.69, 9.17) is 16.7 Å². The molecule has 0 amide bonds. The monoisotopic (exact) mass is 361 g/mol. The Morgan fingerprint density at radius 3 is 2.95 bits per heavy atom. The summed E-state index contributed by atoms with van der Waals surface area (Å²) in [7, 11) is 1.77. The van der Waals surface area contributed by atoms with Crippen LogP contribution in [0.1, 0.15) is 0 Å². The molecule has 1 aromatic carbocycles. The first-order valence-corrected chi connectivity index (χ1v) is 7.34. The molecule has 0 unspecified atom stereocenters. The van der Waals surface area contributed by atoms with Crippen molar-refractivity contribution in [3.8, 4) is 11.4 Å². The van der Waals surface area contributed by atoms with Gasteiger partial charge in [0.05, 0.1) is 10.8 Å². The van der Waals surface area contributed by atoms with Gasteiger partial charge in [-0.05, 0) is 28.1 Å². The molecule has 5 nitrogen and oxygen atoms in total. The van der Waals surface area contributed by atoms with Gasteiger partial charge in [0.1, 0.15) is 0 Å². The second-order valence-electron chi connectivity index (χ2n) is 3.65. The SMILES string of the molecule is Cn1c(SCC(=O)O)nnc1-c1cccc(Br)c1Cl. The third-order valence-electron chi connectivity index (χ3n) is 2.35. The number of carboxylic acid groups (broad SMARTS) is 1. The molecule has 0 aliphatic rings. The fraction of sp³-hybridized carbons (Fsp3) is 0.182. The van der Waals surface area contributed by atoms with Gasteiger partial charge in [0.2, 0.25) is 0 Å². The van der Waals surface area contributed by atoms with Crippen molar-refractivity contribution in [1.29, 1.82) is 0 Å². The molecule has 0 bridgehead atoms. The van der Waals surface area contributed by atoms with Crippen molar-refractivity contribution in [3.63, 3.8) is 0 Å². The Labute approximate surface area is 127 Å². The predicted molar refractivity (Wildman–Crippen MR) is 77.5 cm³/mol. The molecule has 2 aromatic rings. The molecule has 0 aliphatic carbocycles. The quantitative estimate of drug-likeness (QED) is 0.847. The molecule has 0 saturated carbocycles. The molecule has 0 saturated heterocycles. The maximum absolute atomic E-state index is 10.6. The number of halogens is 2. The lowest BCUT2D eigenvalue weighted by Gasteiger charge is -2.06. The first-order valence-electron chi connectivity index (χ1n) is 5.19. The lowest BCUT2D eigenvalue weighted by Crippen LogP contribution is -2.01. The zero-order chi connectivity index (χ0) is 14.0. The van der Waals surface area contributed by atoms with Crippen LogP contribution >= 0.6 is 39.3 Å². The van der Waals surface area contributed by atoms with Gasteiger partial charge in [-0.15, -0.1) is 10.2 Å². The Morgan fingerprint density at radius 2 is 2.26 bits per heavy atom. The number of aromatic nitrogens is 3. The van der Waals surface area contributed by atoms with Crippen LogP contribution in [-0.2, 0) is 11.8 Å². The van der Waals surface area contributed by atoms with Crippen molar-refractivity contribution in [2.45, 2.75) is 5.16 Å². The maximum Gasteiger partial charge on any atom is 0.313 e.